The van der Waals surface area contributed by atoms with E-state index in [1.165, 1.54) is 0 Å². The highest BCUT2D eigenvalue weighted by molar-refractivity contribution is 5.94. The van der Waals surface area contributed by atoms with E-state index in [0.29, 0.717) is 18.9 Å². The fourth-order valence-electron chi connectivity index (χ4n) is 1.93. The predicted octanol–water partition coefficient (Wildman–Crippen LogP) is 2.69. The minimum absolute atomic E-state index is 0.00172. The number of rotatable bonds is 6. The molecule has 0 aliphatic heterocycles. The first-order chi connectivity index (χ1) is 9.02. The highest BCUT2D eigenvalue weighted by atomic mass is 16.5. The first-order valence-corrected chi connectivity index (χ1v) is 6.35. The van der Waals surface area contributed by atoms with Crippen LogP contribution in [0.1, 0.15) is 13.8 Å². The molecule has 0 aliphatic rings. The average Bonchev–Trinajstić information content (AvgIpc) is 2.37. The van der Waals surface area contributed by atoms with Gasteiger partial charge in [-0.05, 0) is 19.1 Å². The number of anilines is 2. The molecular weight excluding hydrogens is 240 g/mol. The zero-order valence-electron chi connectivity index (χ0n) is 12.1. The highest BCUT2D eigenvalue weighted by Crippen LogP contribution is 2.37. The van der Waals surface area contributed by atoms with Gasteiger partial charge >= 0.3 is 0 Å². The number of benzene rings is 1. The van der Waals surface area contributed by atoms with Gasteiger partial charge in [0.1, 0.15) is 6.61 Å². The number of amides is 1. The molecule has 104 valence electrons. The molecule has 1 amide bonds. The maximum absolute atomic E-state index is 11.7. The van der Waals surface area contributed by atoms with E-state index in [0.717, 1.165) is 11.4 Å². The van der Waals surface area contributed by atoms with Gasteiger partial charge in [-0.1, -0.05) is 18.7 Å². The van der Waals surface area contributed by atoms with Crippen molar-refractivity contribution in [3.05, 3.63) is 30.9 Å². The lowest BCUT2D eigenvalue weighted by Gasteiger charge is -2.26. The Balaban J connectivity index is 3.32. The Hall–Kier alpha value is -1.97. The monoisotopic (exact) mass is 262 g/mol. The fourth-order valence-corrected chi connectivity index (χ4v) is 1.93. The van der Waals surface area contributed by atoms with Crippen LogP contribution in [0.2, 0.25) is 0 Å². The standard InChI is InChI=1S/C15H22N2O2/c1-6-11-19-15-13(16(4)5)9-8-10-14(15)17(7-2)12(3)18/h6,8-10H,1,7,11H2,2-5H3. The summed E-state index contributed by atoms with van der Waals surface area (Å²) in [5.74, 6) is 0.714. The lowest BCUT2D eigenvalue weighted by Crippen LogP contribution is -2.28. The van der Waals surface area contributed by atoms with Crippen molar-refractivity contribution >= 4 is 17.3 Å². The van der Waals surface area contributed by atoms with E-state index >= 15 is 0 Å². The van der Waals surface area contributed by atoms with E-state index < -0.39 is 0 Å². The minimum Gasteiger partial charge on any atom is -0.485 e. The summed E-state index contributed by atoms with van der Waals surface area (Å²) in [6.07, 6.45) is 1.69. The van der Waals surface area contributed by atoms with Gasteiger partial charge in [0.2, 0.25) is 5.91 Å². The maximum Gasteiger partial charge on any atom is 0.223 e. The molecule has 19 heavy (non-hydrogen) atoms. The summed E-state index contributed by atoms with van der Waals surface area (Å²) in [7, 11) is 3.90. The Labute approximate surface area is 115 Å². The second kappa shape index (κ2) is 6.83. The van der Waals surface area contributed by atoms with Gasteiger partial charge in [-0.15, -0.1) is 0 Å². The van der Waals surface area contributed by atoms with Crippen LogP contribution in [0.15, 0.2) is 30.9 Å². The molecule has 0 saturated heterocycles. The molecule has 4 nitrogen and oxygen atoms in total. The Morgan fingerprint density at radius 3 is 2.47 bits per heavy atom. The molecule has 0 saturated carbocycles. The lowest BCUT2D eigenvalue weighted by atomic mass is 10.2. The van der Waals surface area contributed by atoms with Gasteiger partial charge in [-0.3, -0.25) is 4.79 Å². The largest absolute Gasteiger partial charge is 0.485 e. The van der Waals surface area contributed by atoms with Crippen molar-refractivity contribution in [1.82, 2.24) is 0 Å². The second-order valence-electron chi connectivity index (χ2n) is 4.38. The van der Waals surface area contributed by atoms with Crippen LogP contribution in [0.4, 0.5) is 11.4 Å². The third-order valence-corrected chi connectivity index (χ3v) is 2.79. The van der Waals surface area contributed by atoms with Crippen molar-refractivity contribution < 1.29 is 9.53 Å². The molecule has 0 N–H and O–H groups in total. The first-order valence-electron chi connectivity index (χ1n) is 6.35. The molecule has 0 aliphatic carbocycles. The molecular formula is C15H22N2O2. The van der Waals surface area contributed by atoms with Crippen LogP contribution in [-0.4, -0.2) is 33.2 Å². The van der Waals surface area contributed by atoms with E-state index in [9.17, 15) is 4.79 Å². The summed E-state index contributed by atoms with van der Waals surface area (Å²) >= 11 is 0. The van der Waals surface area contributed by atoms with E-state index in [1.54, 1.807) is 17.9 Å². The summed E-state index contributed by atoms with van der Waals surface area (Å²) in [6.45, 7) is 8.18. The van der Waals surface area contributed by atoms with Gasteiger partial charge in [0.15, 0.2) is 5.75 Å². The minimum atomic E-state index is 0.00172. The van der Waals surface area contributed by atoms with E-state index in [4.69, 9.17) is 4.74 Å². The number of ether oxygens (including phenoxy) is 1. The van der Waals surface area contributed by atoms with Crippen LogP contribution < -0.4 is 14.5 Å². The van der Waals surface area contributed by atoms with Crippen LogP contribution in [0, 0.1) is 0 Å². The van der Waals surface area contributed by atoms with Gasteiger partial charge in [0.25, 0.3) is 0 Å². The smallest absolute Gasteiger partial charge is 0.223 e. The fraction of sp³-hybridized carbons (Fsp3) is 0.400. The van der Waals surface area contributed by atoms with Crippen molar-refractivity contribution in [1.29, 1.82) is 0 Å². The molecule has 0 spiro atoms. The number of carbonyl (C=O) groups excluding carboxylic acids is 1. The molecule has 1 aromatic rings. The van der Waals surface area contributed by atoms with E-state index in [1.807, 2.05) is 44.1 Å². The number of hydrogen-bond acceptors (Lipinski definition) is 3. The molecule has 4 heteroatoms. The number of hydrogen-bond donors (Lipinski definition) is 0. The van der Waals surface area contributed by atoms with Crippen molar-refractivity contribution in [2.24, 2.45) is 0 Å². The molecule has 0 aromatic heterocycles. The molecule has 0 fully saturated rings. The molecule has 0 atom stereocenters. The van der Waals surface area contributed by atoms with Crippen LogP contribution in [0.25, 0.3) is 0 Å². The third kappa shape index (κ3) is 3.50. The number of para-hydroxylation sites is 1. The zero-order valence-corrected chi connectivity index (χ0v) is 12.1. The maximum atomic E-state index is 11.7. The molecule has 0 bridgehead atoms. The van der Waals surface area contributed by atoms with Crippen molar-refractivity contribution in [2.75, 3.05) is 37.0 Å². The zero-order chi connectivity index (χ0) is 14.4. The summed E-state index contributed by atoms with van der Waals surface area (Å²) in [5, 5.41) is 0. The van der Waals surface area contributed by atoms with Crippen LogP contribution in [-0.2, 0) is 4.79 Å². The Bertz CT molecular complexity index is 455. The van der Waals surface area contributed by atoms with Gasteiger partial charge in [-0.25, -0.2) is 0 Å². The summed E-state index contributed by atoms with van der Waals surface area (Å²) in [6, 6.07) is 5.79. The van der Waals surface area contributed by atoms with Crippen LogP contribution in [0.5, 0.6) is 5.75 Å². The van der Waals surface area contributed by atoms with Gasteiger partial charge in [0.05, 0.1) is 11.4 Å². The quantitative estimate of drug-likeness (QED) is 0.739. The first kappa shape index (κ1) is 15.1. The number of carbonyl (C=O) groups is 1. The van der Waals surface area contributed by atoms with Crippen molar-refractivity contribution in [3.63, 3.8) is 0 Å². The van der Waals surface area contributed by atoms with Gasteiger partial charge in [-0.2, -0.15) is 0 Å². The van der Waals surface area contributed by atoms with Crippen molar-refractivity contribution in [3.8, 4) is 5.75 Å². The van der Waals surface area contributed by atoms with E-state index in [2.05, 4.69) is 6.58 Å². The van der Waals surface area contributed by atoms with Gasteiger partial charge < -0.3 is 14.5 Å². The van der Waals surface area contributed by atoms with E-state index in [-0.39, 0.29) is 5.91 Å². The Morgan fingerprint density at radius 2 is 2.00 bits per heavy atom. The Morgan fingerprint density at radius 1 is 1.37 bits per heavy atom. The Kier molecular flexibility index (Phi) is 5.42. The van der Waals surface area contributed by atoms with Gasteiger partial charge in [0, 0.05) is 27.6 Å². The van der Waals surface area contributed by atoms with Crippen LogP contribution >= 0.6 is 0 Å². The summed E-state index contributed by atoms with van der Waals surface area (Å²) in [4.78, 5) is 15.4. The molecule has 0 heterocycles. The molecule has 1 aromatic carbocycles. The SMILES string of the molecule is C=CCOc1c(N(C)C)cccc1N(CC)C(C)=O. The second-order valence-corrected chi connectivity index (χ2v) is 4.38. The third-order valence-electron chi connectivity index (χ3n) is 2.79. The molecule has 1 rings (SSSR count). The van der Waals surface area contributed by atoms with Crippen LogP contribution in [0.3, 0.4) is 0 Å². The summed E-state index contributed by atoms with van der Waals surface area (Å²) < 4.78 is 5.76. The number of nitrogens with zero attached hydrogens (tertiary/aromatic N) is 2. The molecule has 0 unspecified atom stereocenters. The predicted molar refractivity (Wildman–Crippen MR) is 80.2 cm³/mol. The topological polar surface area (TPSA) is 32.8 Å². The lowest BCUT2D eigenvalue weighted by molar-refractivity contribution is -0.116. The summed E-state index contributed by atoms with van der Waals surface area (Å²) in [5.41, 5.74) is 1.74. The normalized spacial score (nSPS) is 9.89. The highest BCUT2D eigenvalue weighted by Gasteiger charge is 2.18. The van der Waals surface area contributed by atoms with Crippen molar-refractivity contribution in [2.45, 2.75) is 13.8 Å². The molecule has 0 radical (unpaired) electrons. The average molecular weight is 262 g/mol.